The summed E-state index contributed by atoms with van der Waals surface area (Å²) in [6.07, 6.45) is 1.54. The van der Waals surface area contributed by atoms with Crippen molar-refractivity contribution in [3.05, 3.63) is 100.0 Å². The lowest BCUT2D eigenvalue weighted by atomic mass is 10.1. The second-order valence-corrected chi connectivity index (χ2v) is 7.75. The molecule has 7 heteroatoms. The fourth-order valence-electron chi connectivity index (χ4n) is 2.96. The van der Waals surface area contributed by atoms with E-state index in [1.165, 1.54) is 24.3 Å². The first-order valence-electron chi connectivity index (χ1n) is 9.87. The van der Waals surface area contributed by atoms with Gasteiger partial charge in [0.1, 0.15) is 11.5 Å². The molecule has 0 saturated carbocycles. The van der Waals surface area contributed by atoms with E-state index in [0.717, 1.165) is 5.69 Å². The van der Waals surface area contributed by atoms with Crippen LogP contribution < -0.4 is 15.5 Å². The van der Waals surface area contributed by atoms with Crippen LogP contribution >= 0.6 is 11.6 Å². The highest BCUT2D eigenvalue weighted by atomic mass is 35.5. The minimum atomic E-state index is -0.725. The standard InChI is InChI=1S/C25H23ClFN3O2/c1-16-20(26)8-6-10-22(16)28-25(32)23(15-17-11-13-18(14-12-17)30(2)3)29-24(31)19-7-4-5-9-21(19)27/h4-15H,1-3H3,(H,28,32)(H,29,31)/b23-15-. The zero-order valence-corrected chi connectivity index (χ0v) is 18.7. The van der Waals surface area contributed by atoms with Crippen LogP contribution in [0.2, 0.25) is 5.02 Å². The molecular formula is C25H23ClFN3O2. The number of nitrogens with zero attached hydrogens (tertiary/aromatic N) is 1. The van der Waals surface area contributed by atoms with E-state index in [1.54, 1.807) is 31.2 Å². The quantitative estimate of drug-likeness (QED) is 0.502. The molecule has 0 aliphatic heterocycles. The molecule has 3 aromatic carbocycles. The number of benzene rings is 3. The molecule has 0 atom stereocenters. The van der Waals surface area contributed by atoms with Gasteiger partial charge in [-0.15, -0.1) is 0 Å². The number of amides is 2. The molecule has 0 bridgehead atoms. The smallest absolute Gasteiger partial charge is 0.272 e. The lowest BCUT2D eigenvalue weighted by molar-refractivity contribution is -0.113. The highest BCUT2D eigenvalue weighted by molar-refractivity contribution is 6.31. The third-order valence-corrected chi connectivity index (χ3v) is 5.26. The largest absolute Gasteiger partial charge is 0.378 e. The summed E-state index contributed by atoms with van der Waals surface area (Å²) in [6, 6.07) is 18.2. The molecule has 0 fully saturated rings. The molecule has 0 aliphatic rings. The Balaban J connectivity index is 1.94. The number of carbonyl (C=O) groups excluding carboxylic acids is 2. The predicted molar refractivity (Wildman–Crippen MR) is 127 cm³/mol. The minimum absolute atomic E-state index is 0.0322. The van der Waals surface area contributed by atoms with Crippen LogP contribution in [0.4, 0.5) is 15.8 Å². The van der Waals surface area contributed by atoms with Gasteiger partial charge in [-0.05, 0) is 60.5 Å². The van der Waals surface area contributed by atoms with Crippen molar-refractivity contribution in [1.82, 2.24) is 5.32 Å². The van der Waals surface area contributed by atoms with E-state index >= 15 is 0 Å². The zero-order chi connectivity index (χ0) is 23.3. The summed E-state index contributed by atoms with van der Waals surface area (Å²) in [5.74, 6) is -1.96. The number of rotatable bonds is 6. The monoisotopic (exact) mass is 451 g/mol. The molecular weight excluding hydrogens is 429 g/mol. The van der Waals surface area contributed by atoms with E-state index in [1.807, 2.05) is 43.3 Å². The van der Waals surface area contributed by atoms with Crippen LogP contribution in [0.25, 0.3) is 6.08 Å². The van der Waals surface area contributed by atoms with E-state index < -0.39 is 17.6 Å². The van der Waals surface area contributed by atoms with Gasteiger partial charge < -0.3 is 15.5 Å². The molecule has 2 N–H and O–H groups in total. The van der Waals surface area contributed by atoms with Gasteiger partial charge in [0.15, 0.2) is 0 Å². The lowest BCUT2D eigenvalue weighted by Gasteiger charge is -2.14. The summed E-state index contributed by atoms with van der Waals surface area (Å²) in [5.41, 5.74) is 2.69. The van der Waals surface area contributed by atoms with Crippen molar-refractivity contribution in [1.29, 1.82) is 0 Å². The maximum atomic E-state index is 14.1. The van der Waals surface area contributed by atoms with E-state index in [4.69, 9.17) is 11.6 Å². The Bertz CT molecular complexity index is 1170. The van der Waals surface area contributed by atoms with E-state index in [0.29, 0.717) is 21.8 Å². The molecule has 3 aromatic rings. The number of hydrogen-bond acceptors (Lipinski definition) is 3. The molecule has 0 heterocycles. The molecule has 0 unspecified atom stereocenters. The van der Waals surface area contributed by atoms with Crippen molar-refractivity contribution in [3.8, 4) is 0 Å². The SMILES string of the molecule is Cc1c(Cl)cccc1NC(=O)/C(=C/c1ccc(N(C)C)cc1)NC(=O)c1ccccc1F. The van der Waals surface area contributed by atoms with Crippen molar-refractivity contribution in [3.63, 3.8) is 0 Å². The number of carbonyl (C=O) groups is 2. The van der Waals surface area contributed by atoms with Crippen LogP contribution in [0.3, 0.4) is 0 Å². The Morgan fingerprint density at radius 3 is 2.31 bits per heavy atom. The summed E-state index contributed by atoms with van der Waals surface area (Å²) < 4.78 is 14.1. The molecule has 0 saturated heterocycles. The molecule has 2 amide bonds. The van der Waals surface area contributed by atoms with E-state index in [2.05, 4.69) is 10.6 Å². The third kappa shape index (κ3) is 5.53. The Hall–Kier alpha value is -3.64. The first-order valence-corrected chi connectivity index (χ1v) is 10.3. The highest BCUT2D eigenvalue weighted by Gasteiger charge is 2.18. The zero-order valence-electron chi connectivity index (χ0n) is 17.9. The van der Waals surface area contributed by atoms with Crippen LogP contribution in [0.15, 0.2) is 72.4 Å². The summed E-state index contributed by atoms with van der Waals surface area (Å²) in [6.45, 7) is 1.78. The van der Waals surface area contributed by atoms with Crippen molar-refractivity contribution >= 4 is 40.9 Å². The van der Waals surface area contributed by atoms with E-state index in [9.17, 15) is 14.0 Å². The summed E-state index contributed by atoms with van der Waals surface area (Å²) in [5, 5.41) is 5.81. The maximum Gasteiger partial charge on any atom is 0.272 e. The maximum absolute atomic E-state index is 14.1. The first kappa shape index (κ1) is 23.0. The van der Waals surface area contributed by atoms with Gasteiger partial charge in [-0.25, -0.2) is 4.39 Å². The number of nitrogens with one attached hydrogen (secondary N) is 2. The lowest BCUT2D eigenvalue weighted by Crippen LogP contribution is -2.31. The molecule has 32 heavy (non-hydrogen) atoms. The van der Waals surface area contributed by atoms with Crippen molar-refractivity contribution in [2.45, 2.75) is 6.92 Å². The van der Waals surface area contributed by atoms with Crippen LogP contribution in [-0.2, 0) is 4.79 Å². The van der Waals surface area contributed by atoms with Crippen molar-refractivity contribution < 1.29 is 14.0 Å². The minimum Gasteiger partial charge on any atom is -0.378 e. The first-order chi connectivity index (χ1) is 15.3. The van der Waals surface area contributed by atoms with Gasteiger partial charge in [-0.1, -0.05) is 41.9 Å². The van der Waals surface area contributed by atoms with Crippen LogP contribution in [0.1, 0.15) is 21.5 Å². The van der Waals surface area contributed by atoms with Crippen LogP contribution in [-0.4, -0.2) is 25.9 Å². The normalized spacial score (nSPS) is 11.1. The number of halogens is 2. The Morgan fingerprint density at radius 1 is 0.969 bits per heavy atom. The molecule has 164 valence electrons. The Labute approximate surface area is 191 Å². The molecule has 5 nitrogen and oxygen atoms in total. The number of hydrogen-bond donors (Lipinski definition) is 2. The highest BCUT2D eigenvalue weighted by Crippen LogP contribution is 2.23. The average Bonchev–Trinajstić information content (AvgIpc) is 2.77. The summed E-state index contributed by atoms with van der Waals surface area (Å²) >= 11 is 6.15. The van der Waals surface area contributed by atoms with Gasteiger partial charge >= 0.3 is 0 Å². The molecule has 0 aromatic heterocycles. The fourth-order valence-corrected chi connectivity index (χ4v) is 3.14. The summed E-state index contributed by atoms with van der Waals surface area (Å²) in [7, 11) is 3.84. The second kappa shape index (κ2) is 10.1. The second-order valence-electron chi connectivity index (χ2n) is 7.34. The van der Waals surface area contributed by atoms with Gasteiger partial charge in [0, 0.05) is 30.5 Å². The van der Waals surface area contributed by atoms with Crippen LogP contribution in [0, 0.1) is 12.7 Å². The predicted octanol–water partition coefficient (Wildman–Crippen LogP) is 5.26. The van der Waals surface area contributed by atoms with Gasteiger partial charge in [0.25, 0.3) is 11.8 Å². The van der Waals surface area contributed by atoms with E-state index in [-0.39, 0.29) is 11.3 Å². The van der Waals surface area contributed by atoms with Crippen molar-refractivity contribution in [2.24, 2.45) is 0 Å². The third-order valence-electron chi connectivity index (χ3n) is 4.85. The average molecular weight is 452 g/mol. The van der Waals surface area contributed by atoms with Crippen molar-refractivity contribution in [2.75, 3.05) is 24.3 Å². The molecule has 3 rings (SSSR count). The number of anilines is 2. The van der Waals surface area contributed by atoms with Gasteiger partial charge in [-0.2, -0.15) is 0 Å². The molecule has 0 radical (unpaired) electrons. The fraction of sp³-hybridized carbons (Fsp3) is 0.120. The molecule has 0 spiro atoms. The topological polar surface area (TPSA) is 61.4 Å². The van der Waals surface area contributed by atoms with Gasteiger partial charge in [0.2, 0.25) is 0 Å². The van der Waals surface area contributed by atoms with Gasteiger partial charge in [0.05, 0.1) is 5.56 Å². The Kier molecular flexibility index (Phi) is 7.28. The molecule has 0 aliphatic carbocycles. The Morgan fingerprint density at radius 2 is 1.66 bits per heavy atom. The van der Waals surface area contributed by atoms with Gasteiger partial charge in [-0.3, -0.25) is 9.59 Å². The van der Waals surface area contributed by atoms with Crippen LogP contribution in [0.5, 0.6) is 0 Å². The summed E-state index contributed by atoms with van der Waals surface area (Å²) in [4.78, 5) is 27.7.